The molecular weight excluding hydrogens is 368 g/mol. The molecule has 6 heteroatoms. The van der Waals surface area contributed by atoms with Gasteiger partial charge in [0.15, 0.2) is 0 Å². The molecule has 0 spiro atoms. The normalized spacial score (nSPS) is 17.0. The summed E-state index contributed by atoms with van der Waals surface area (Å²) in [5.74, 6) is 0.695. The molecule has 1 aromatic heterocycles. The van der Waals surface area contributed by atoms with Crippen LogP contribution >= 0.6 is 0 Å². The molecule has 1 aromatic carbocycles. The number of rotatable bonds is 7. The van der Waals surface area contributed by atoms with Crippen molar-refractivity contribution in [1.29, 1.82) is 0 Å². The Bertz CT molecular complexity index is 870. The Hall–Kier alpha value is -2.60. The molecule has 2 heterocycles. The number of benzene rings is 1. The number of carbonyl (C=O) groups is 2. The van der Waals surface area contributed by atoms with Crippen molar-refractivity contribution in [3.05, 3.63) is 58.5 Å². The monoisotopic (exact) mass is 398 g/mol. The van der Waals surface area contributed by atoms with Gasteiger partial charge in [-0.15, -0.1) is 0 Å². The van der Waals surface area contributed by atoms with Crippen LogP contribution in [0.25, 0.3) is 0 Å². The highest BCUT2D eigenvalue weighted by molar-refractivity contribution is 5.95. The van der Waals surface area contributed by atoms with E-state index in [1.54, 1.807) is 18.2 Å². The van der Waals surface area contributed by atoms with Crippen LogP contribution in [0.4, 0.5) is 0 Å². The molecular formula is C23H30N2O4. The highest BCUT2D eigenvalue weighted by atomic mass is 16.4. The van der Waals surface area contributed by atoms with Crippen molar-refractivity contribution in [2.24, 2.45) is 0 Å². The second-order valence-electron chi connectivity index (χ2n) is 7.66. The predicted molar refractivity (Wildman–Crippen MR) is 111 cm³/mol. The Morgan fingerprint density at radius 3 is 2.69 bits per heavy atom. The molecule has 1 atom stereocenters. The summed E-state index contributed by atoms with van der Waals surface area (Å²) in [6.45, 7) is 9.94. The average molecular weight is 399 g/mol. The zero-order valence-electron chi connectivity index (χ0n) is 17.5. The first-order chi connectivity index (χ1) is 13.9. The summed E-state index contributed by atoms with van der Waals surface area (Å²) >= 11 is 0. The SMILES string of the molecule is CCN(CC)Cc1cc(C(=O)N2CCCC(c3cccc(C(=O)O)c3)C2)c(C)o1. The van der Waals surface area contributed by atoms with Gasteiger partial charge >= 0.3 is 5.97 Å². The number of carboxylic acids is 1. The van der Waals surface area contributed by atoms with Crippen LogP contribution in [-0.2, 0) is 6.54 Å². The van der Waals surface area contributed by atoms with Crippen LogP contribution < -0.4 is 0 Å². The van der Waals surface area contributed by atoms with Gasteiger partial charge in [0, 0.05) is 19.0 Å². The number of likely N-dealkylation sites (tertiary alicyclic amines) is 1. The zero-order valence-corrected chi connectivity index (χ0v) is 17.5. The third kappa shape index (κ3) is 4.88. The highest BCUT2D eigenvalue weighted by Gasteiger charge is 2.28. The standard InChI is InChI=1S/C23H30N2O4/c1-4-24(5-2)15-20-13-21(16(3)29-20)22(26)25-11-7-10-19(14-25)17-8-6-9-18(12-17)23(27)28/h6,8-9,12-13,19H,4-5,7,10-11,14-15H2,1-3H3,(H,27,28). The first-order valence-electron chi connectivity index (χ1n) is 10.4. The van der Waals surface area contributed by atoms with E-state index in [2.05, 4.69) is 18.7 Å². The van der Waals surface area contributed by atoms with Gasteiger partial charge in [-0.25, -0.2) is 4.79 Å². The van der Waals surface area contributed by atoms with Crippen LogP contribution in [0, 0.1) is 6.92 Å². The molecule has 1 saturated heterocycles. The average Bonchev–Trinajstić information content (AvgIpc) is 3.11. The third-order valence-electron chi connectivity index (χ3n) is 5.79. The molecule has 0 aliphatic carbocycles. The number of carboxylic acid groups (broad SMARTS) is 1. The Morgan fingerprint density at radius 1 is 1.24 bits per heavy atom. The van der Waals surface area contributed by atoms with Crippen molar-refractivity contribution in [2.75, 3.05) is 26.2 Å². The van der Waals surface area contributed by atoms with Crippen molar-refractivity contribution in [3.63, 3.8) is 0 Å². The summed E-state index contributed by atoms with van der Waals surface area (Å²) in [6, 6.07) is 8.94. The lowest BCUT2D eigenvalue weighted by atomic mass is 9.89. The third-order valence-corrected chi connectivity index (χ3v) is 5.79. The Labute approximate surface area is 172 Å². The van der Waals surface area contributed by atoms with Gasteiger partial charge in [-0.1, -0.05) is 26.0 Å². The summed E-state index contributed by atoms with van der Waals surface area (Å²) < 4.78 is 5.86. The largest absolute Gasteiger partial charge is 0.478 e. The zero-order chi connectivity index (χ0) is 21.0. The van der Waals surface area contributed by atoms with Gasteiger partial charge in [-0.05, 0) is 56.6 Å². The lowest BCUT2D eigenvalue weighted by Crippen LogP contribution is -2.39. The number of aromatic carboxylic acids is 1. The Morgan fingerprint density at radius 2 is 2.00 bits per heavy atom. The number of furan rings is 1. The first kappa shape index (κ1) is 21.1. The van der Waals surface area contributed by atoms with Crippen molar-refractivity contribution >= 4 is 11.9 Å². The van der Waals surface area contributed by atoms with Gasteiger partial charge in [-0.2, -0.15) is 0 Å². The number of amides is 1. The molecule has 0 bridgehead atoms. The van der Waals surface area contributed by atoms with Crippen molar-refractivity contribution in [2.45, 2.75) is 46.1 Å². The van der Waals surface area contributed by atoms with Crippen molar-refractivity contribution in [3.8, 4) is 0 Å². The number of aryl methyl sites for hydroxylation is 1. The number of nitrogens with zero attached hydrogens (tertiary/aromatic N) is 2. The van der Waals surface area contributed by atoms with Gasteiger partial charge in [0.05, 0.1) is 17.7 Å². The highest BCUT2D eigenvalue weighted by Crippen LogP contribution is 2.29. The van der Waals surface area contributed by atoms with E-state index in [9.17, 15) is 14.7 Å². The van der Waals surface area contributed by atoms with Gasteiger partial charge in [0.1, 0.15) is 11.5 Å². The Balaban J connectivity index is 1.74. The van der Waals surface area contributed by atoms with Gasteiger partial charge in [0.2, 0.25) is 0 Å². The topological polar surface area (TPSA) is 74.0 Å². The summed E-state index contributed by atoms with van der Waals surface area (Å²) in [5, 5.41) is 9.25. The molecule has 1 amide bonds. The molecule has 3 rings (SSSR count). The summed E-state index contributed by atoms with van der Waals surface area (Å²) in [6.07, 6.45) is 1.85. The second kappa shape index (κ2) is 9.27. The van der Waals surface area contributed by atoms with E-state index >= 15 is 0 Å². The van der Waals surface area contributed by atoms with E-state index < -0.39 is 5.97 Å². The summed E-state index contributed by atoms with van der Waals surface area (Å²) in [4.78, 5) is 28.6. The molecule has 1 aliphatic rings. The number of hydrogen-bond acceptors (Lipinski definition) is 4. The van der Waals surface area contributed by atoms with E-state index in [1.165, 1.54) is 0 Å². The minimum atomic E-state index is -0.926. The van der Waals surface area contributed by atoms with Gasteiger partial charge in [0.25, 0.3) is 5.91 Å². The van der Waals surface area contributed by atoms with E-state index in [0.717, 1.165) is 37.3 Å². The molecule has 2 aromatic rings. The van der Waals surface area contributed by atoms with Crippen molar-refractivity contribution < 1.29 is 19.1 Å². The van der Waals surface area contributed by atoms with Crippen LogP contribution in [0.5, 0.6) is 0 Å². The van der Waals surface area contributed by atoms with Crippen LogP contribution in [0.15, 0.2) is 34.7 Å². The van der Waals surface area contributed by atoms with Crippen LogP contribution in [0.1, 0.15) is 70.4 Å². The fraction of sp³-hybridized carbons (Fsp3) is 0.478. The Kier molecular flexibility index (Phi) is 6.75. The fourth-order valence-electron chi connectivity index (χ4n) is 4.03. The maximum atomic E-state index is 13.2. The van der Waals surface area contributed by atoms with E-state index in [1.807, 2.05) is 24.0 Å². The summed E-state index contributed by atoms with van der Waals surface area (Å²) in [5.41, 5.74) is 1.90. The number of carbonyl (C=O) groups excluding carboxylic acids is 1. The minimum Gasteiger partial charge on any atom is -0.478 e. The van der Waals surface area contributed by atoms with Crippen molar-refractivity contribution in [1.82, 2.24) is 9.80 Å². The lowest BCUT2D eigenvalue weighted by Gasteiger charge is -2.33. The van der Waals surface area contributed by atoms with Crippen LogP contribution in [0.3, 0.4) is 0 Å². The summed E-state index contributed by atoms with van der Waals surface area (Å²) in [7, 11) is 0. The quantitative estimate of drug-likeness (QED) is 0.758. The fourth-order valence-corrected chi connectivity index (χ4v) is 4.03. The maximum absolute atomic E-state index is 13.2. The van der Waals surface area contributed by atoms with Gasteiger partial charge in [-0.3, -0.25) is 9.69 Å². The molecule has 0 saturated carbocycles. The molecule has 1 unspecified atom stereocenters. The molecule has 1 aliphatic heterocycles. The first-order valence-corrected chi connectivity index (χ1v) is 10.4. The molecule has 29 heavy (non-hydrogen) atoms. The maximum Gasteiger partial charge on any atom is 0.335 e. The minimum absolute atomic E-state index is 0.00358. The number of piperidine rings is 1. The lowest BCUT2D eigenvalue weighted by molar-refractivity contribution is 0.0687. The van der Waals surface area contributed by atoms with E-state index in [0.29, 0.717) is 31.0 Å². The van der Waals surface area contributed by atoms with Crippen LogP contribution in [-0.4, -0.2) is 53.0 Å². The number of hydrogen-bond donors (Lipinski definition) is 1. The van der Waals surface area contributed by atoms with Gasteiger partial charge < -0.3 is 14.4 Å². The van der Waals surface area contributed by atoms with E-state index in [-0.39, 0.29) is 17.4 Å². The second-order valence-corrected chi connectivity index (χ2v) is 7.66. The molecule has 156 valence electrons. The molecule has 1 fully saturated rings. The van der Waals surface area contributed by atoms with E-state index in [4.69, 9.17) is 4.42 Å². The van der Waals surface area contributed by atoms with Crippen LogP contribution in [0.2, 0.25) is 0 Å². The predicted octanol–water partition coefficient (Wildman–Crippen LogP) is 4.15. The molecule has 1 N–H and O–H groups in total. The smallest absolute Gasteiger partial charge is 0.335 e. The molecule has 0 radical (unpaired) electrons. The molecule has 6 nitrogen and oxygen atoms in total.